The number of carbonyl (C=O) groups is 1. The molecule has 5 heteroatoms. The van der Waals surface area contributed by atoms with Crippen LogP contribution in [0.15, 0.2) is 12.1 Å². The molecule has 21 heavy (non-hydrogen) atoms. The first-order valence-corrected chi connectivity index (χ1v) is 7.23. The summed E-state index contributed by atoms with van der Waals surface area (Å²) in [5.41, 5.74) is 8.83. The lowest BCUT2D eigenvalue weighted by Crippen LogP contribution is -2.34. The highest BCUT2D eigenvalue weighted by Crippen LogP contribution is 2.30. The van der Waals surface area contributed by atoms with Crippen molar-refractivity contribution in [1.29, 1.82) is 0 Å². The molecule has 3 N–H and O–H groups in total. The molecule has 0 radical (unpaired) electrons. The van der Waals surface area contributed by atoms with Gasteiger partial charge in [0, 0.05) is 23.2 Å². The number of nitrogens with two attached hydrogens (primary N) is 1. The van der Waals surface area contributed by atoms with Gasteiger partial charge in [-0.15, -0.1) is 12.4 Å². The van der Waals surface area contributed by atoms with Crippen molar-refractivity contribution in [3.63, 3.8) is 0 Å². The number of nitrogens with one attached hydrogen (secondary N) is 1. The van der Waals surface area contributed by atoms with E-state index >= 15 is 0 Å². The molecule has 1 fully saturated rings. The van der Waals surface area contributed by atoms with Gasteiger partial charge in [-0.2, -0.15) is 0 Å². The molecule has 0 heterocycles. The van der Waals surface area contributed by atoms with E-state index in [0.29, 0.717) is 0 Å². The minimum Gasteiger partial charge on any atom is -0.496 e. The van der Waals surface area contributed by atoms with Gasteiger partial charge in [-0.05, 0) is 44.7 Å². The van der Waals surface area contributed by atoms with E-state index in [2.05, 4.69) is 5.32 Å². The molecule has 0 aliphatic heterocycles. The third-order valence-electron chi connectivity index (χ3n) is 4.15. The maximum Gasteiger partial charge on any atom is 0.227 e. The van der Waals surface area contributed by atoms with E-state index in [1.807, 2.05) is 26.0 Å². The van der Waals surface area contributed by atoms with Crippen LogP contribution in [0, 0.1) is 19.8 Å². The zero-order valence-corrected chi connectivity index (χ0v) is 13.8. The van der Waals surface area contributed by atoms with E-state index < -0.39 is 0 Å². The van der Waals surface area contributed by atoms with E-state index in [1.54, 1.807) is 7.11 Å². The molecule has 0 spiro atoms. The summed E-state index contributed by atoms with van der Waals surface area (Å²) < 4.78 is 5.39. The van der Waals surface area contributed by atoms with Gasteiger partial charge in [0.25, 0.3) is 0 Å². The maximum atomic E-state index is 12.3. The largest absolute Gasteiger partial charge is 0.496 e. The second kappa shape index (κ2) is 7.66. The monoisotopic (exact) mass is 312 g/mol. The Morgan fingerprint density at radius 1 is 1.33 bits per heavy atom. The number of hydrogen-bond donors (Lipinski definition) is 2. The first-order chi connectivity index (χ1) is 9.52. The normalized spacial score (nSPS) is 21.3. The lowest BCUT2D eigenvalue weighted by Gasteiger charge is -2.26. The highest BCUT2D eigenvalue weighted by molar-refractivity contribution is 5.93. The zero-order chi connectivity index (χ0) is 14.7. The summed E-state index contributed by atoms with van der Waals surface area (Å²) in [4.78, 5) is 12.3. The summed E-state index contributed by atoms with van der Waals surface area (Å²) in [5, 5.41) is 3.03. The summed E-state index contributed by atoms with van der Waals surface area (Å²) in [5.74, 6) is 0.947. The minimum absolute atomic E-state index is 0. The Bertz CT molecular complexity index is 505. The van der Waals surface area contributed by atoms with E-state index in [9.17, 15) is 4.79 Å². The fourth-order valence-electron chi connectivity index (χ4n) is 2.98. The predicted octanol–water partition coefficient (Wildman–Crippen LogP) is 3.19. The molecule has 0 bridgehead atoms. The van der Waals surface area contributed by atoms with Crippen molar-refractivity contribution >= 4 is 24.0 Å². The SMILES string of the molecule is COc1c(C)ccc(NC(=O)C2CCCC(N)C2)c1C.Cl. The fraction of sp³-hybridized carbons (Fsp3) is 0.562. The molecule has 0 saturated heterocycles. The minimum atomic E-state index is 0. The maximum absolute atomic E-state index is 12.3. The predicted molar refractivity (Wildman–Crippen MR) is 88.3 cm³/mol. The molecule has 1 aliphatic rings. The second-order valence-corrected chi connectivity index (χ2v) is 5.70. The summed E-state index contributed by atoms with van der Waals surface area (Å²) in [7, 11) is 1.65. The van der Waals surface area contributed by atoms with E-state index in [0.717, 1.165) is 48.2 Å². The van der Waals surface area contributed by atoms with Crippen molar-refractivity contribution in [3.05, 3.63) is 23.3 Å². The van der Waals surface area contributed by atoms with Crippen LogP contribution < -0.4 is 15.8 Å². The van der Waals surface area contributed by atoms with Crippen LogP contribution >= 0.6 is 12.4 Å². The standard InChI is InChI=1S/C16H24N2O2.ClH/c1-10-7-8-14(11(2)15(10)20-3)18-16(19)12-5-4-6-13(17)9-12;/h7-8,12-13H,4-6,9,17H2,1-3H3,(H,18,19);1H. The van der Waals surface area contributed by atoms with Crippen LogP contribution in [0.2, 0.25) is 0 Å². The molecule has 2 atom stereocenters. The van der Waals surface area contributed by atoms with E-state index in [-0.39, 0.29) is 30.3 Å². The molecule has 2 rings (SSSR count). The number of ether oxygens (including phenoxy) is 1. The Balaban J connectivity index is 0.00000220. The fourth-order valence-corrected chi connectivity index (χ4v) is 2.98. The summed E-state index contributed by atoms with van der Waals surface area (Å²) >= 11 is 0. The van der Waals surface area contributed by atoms with Gasteiger partial charge in [0.1, 0.15) is 5.75 Å². The highest BCUT2D eigenvalue weighted by Gasteiger charge is 2.25. The van der Waals surface area contributed by atoms with Gasteiger partial charge in [0.2, 0.25) is 5.91 Å². The third kappa shape index (κ3) is 4.11. The lowest BCUT2D eigenvalue weighted by atomic mass is 9.85. The molecule has 1 saturated carbocycles. The zero-order valence-electron chi connectivity index (χ0n) is 12.9. The number of amides is 1. The van der Waals surface area contributed by atoms with Crippen LogP contribution in [0.5, 0.6) is 5.75 Å². The average Bonchev–Trinajstić information content (AvgIpc) is 2.42. The number of benzene rings is 1. The van der Waals surface area contributed by atoms with Gasteiger partial charge in [-0.3, -0.25) is 4.79 Å². The first-order valence-electron chi connectivity index (χ1n) is 7.23. The first kappa shape index (κ1) is 17.8. The Kier molecular flexibility index (Phi) is 6.49. The highest BCUT2D eigenvalue weighted by atomic mass is 35.5. The molecular weight excluding hydrogens is 288 g/mol. The molecular formula is C16H25ClN2O2. The van der Waals surface area contributed by atoms with Gasteiger partial charge in [-0.25, -0.2) is 0 Å². The smallest absolute Gasteiger partial charge is 0.227 e. The van der Waals surface area contributed by atoms with Crippen molar-refractivity contribution in [3.8, 4) is 5.75 Å². The van der Waals surface area contributed by atoms with Gasteiger partial charge >= 0.3 is 0 Å². The Labute approximate surface area is 132 Å². The molecule has 1 aromatic rings. The van der Waals surface area contributed by atoms with Gasteiger partial charge < -0.3 is 15.8 Å². The summed E-state index contributed by atoms with van der Waals surface area (Å²) in [6.07, 6.45) is 3.78. The Morgan fingerprint density at radius 2 is 2.05 bits per heavy atom. The van der Waals surface area contributed by atoms with Crippen LogP contribution in [-0.4, -0.2) is 19.1 Å². The van der Waals surface area contributed by atoms with Crippen LogP contribution in [0.4, 0.5) is 5.69 Å². The number of carbonyl (C=O) groups excluding carboxylic acids is 1. The molecule has 2 unspecified atom stereocenters. The molecule has 118 valence electrons. The van der Waals surface area contributed by atoms with Crippen LogP contribution in [0.1, 0.15) is 36.8 Å². The van der Waals surface area contributed by atoms with E-state index in [1.165, 1.54) is 0 Å². The summed E-state index contributed by atoms with van der Waals surface area (Å²) in [6.45, 7) is 3.96. The molecule has 1 amide bonds. The van der Waals surface area contributed by atoms with Gasteiger partial charge in [-0.1, -0.05) is 12.5 Å². The summed E-state index contributed by atoms with van der Waals surface area (Å²) in [6, 6.07) is 4.06. The van der Waals surface area contributed by atoms with Crippen molar-refractivity contribution in [2.75, 3.05) is 12.4 Å². The van der Waals surface area contributed by atoms with Gasteiger partial charge in [0.15, 0.2) is 0 Å². The van der Waals surface area contributed by atoms with Crippen molar-refractivity contribution in [2.24, 2.45) is 11.7 Å². The number of methoxy groups -OCH3 is 1. The number of aryl methyl sites for hydroxylation is 1. The number of rotatable bonds is 3. The van der Waals surface area contributed by atoms with Gasteiger partial charge in [0.05, 0.1) is 7.11 Å². The Morgan fingerprint density at radius 3 is 2.67 bits per heavy atom. The topological polar surface area (TPSA) is 64.3 Å². The molecule has 0 aromatic heterocycles. The molecule has 4 nitrogen and oxygen atoms in total. The van der Waals surface area contributed by atoms with Crippen molar-refractivity contribution < 1.29 is 9.53 Å². The number of halogens is 1. The van der Waals surface area contributed by atoms with Crippen LogP contribution in [0.3, 0.4) is 0 Å². The number of anilines is 1. The molecule has 1 aromatic carbocycles. The van der Waals surface area contributed by atoms with E-state index in [4.69, 9.17) is 10.5 Å². The van der Waals surface area contributed by atoms with Crippen LogP contribution in [0.25, 0.3) is 0 Å². The molecule has 1 aliphatic carbocycles. The Hall–Kier alpha value is -1.26. The lowest BCUT2D eigenvalue weighted by molar-refractivity contribution is -0.120. The van der Waals surface area contributed by atoms with Crippen molar-refractivity contribution in [1.82, 2.24) is 0 Å². The second-order valence-electron chi connectivity index (χ2n) is 5.70. The van der Waals surface area contributed by atoms with Crippen LogP contribution in [-0.2, 0) is 4.79 Å². The number of hydrogen-bond acceptors (Lipinski definition) is 3. The average molecular weight is 313 g/mol. The third-order valence-corrected chi connectivity index (χ3v) is 4.15. The quantitative estimate of drug-likeness (QED) is 0.901. The van der Waals surface area contributed by atoms with Crippen molar-refractivity contribution in [2.45, 2.75) is 45.6 Å².